The molecule has 1 heterocycles. The van der Waals surface area contributed by atoms with Crippen LogP contribution in [0.1, 0.15) is 16.2 Å². The molecule has 2 aromatic rings. The van der Waals surface area contributed by atoms with Gasteiger partial charge in [-0.05, 0) is 12.1 Å². The fourth-order valence-electron chi connectivity index (χ4n) is 1.84. The topological polar surface area (TPSA) is 109 Å². The van der Waals surface area contributed by atoms with Crippen LogP contribution in [0.4, 0.5) is 5.69 Å². The van der Waals surface area contributed by atoms with Gasteiger partial charge in [0.05, 0.1) is 24.3 Å². The number of ether oxygens (including phenoxy) is 2. The Bertz CT molecular complexity index is 682. The number of hydrogen-bond donors (Lipinski definition) is 0. The molecule has 0 aliphatic rings. The van der Waals surface area contributed by atoms with Crippen LogP contribution in [0.5, 0.6) is 5.75 Å². The highest BCUT2D eigenvalue weighted by molar-refractivity contribution is 5.73. The zero-order valence-corrected chi connectivity index (χ0v) is 11.3. The maximum Gasteiger partial charge on any atom is 0.313 e. The lowest BCUT2D eigenvalue weighted by molar-refractivity contribution is -0.385. The van der Waals surface area contributed by atoms with E-state index in [4.69, 9.17) is 9.47 Å². The minimum atomic E-state index is -0.560. The van der Waals surface area contributed by atoms with E-state index < -0.39 is 4.92 Å². The maximum absolute atomic E-state index is 11.0. The van der Waals surface area contributed by atoms with Gasteiger partial charge in [0, 0.05) is 13.2 Å². The second-order valence-corrected chi connectivity index (χ2v) is 4.00. The van der Waals surface area contributed by atoms with Crippen LogP contribution in [0.25, 0.3) is 5.69 Å². The van der Waals surface area contributed by atoms with Crippen molar-refractivity contribution in [1.82, 2.24) is 15.0 Å². The fourth-order valence-corrected chi connectivity index (χ4v) is 1.84. The molecule has 2 rings (SSSR count). The molecule has 9 heteroatoms. The number of rotatable bonds is 6. The molecule has 0 atom stereocenters. The number of hydrogen-bond acceptors (Lipinski definition) is 7. The summed E-state index contributed by atoms with van der Waals surface area (Å²) in [5.41, 5.74) is 0.707. The van der Waals surface area contributed by atoms with Crippen molar-refractivity contribution in [3.63, 3.8) is 0 Å². The number of nitrogens with zero attached hydrogens (tertiary/aromatic N) is 4. The van der Waals surface area contributed by atoms with Crippen LogP contribution in [0.3, 0.4) is 0 Å². The molecule has 0 saturated carbocycles. The normalized spacial score (nSPS) is 10.4. The van der Waals surface area contributed by atoms with Crippen molar-refractivity contribution >= 4 is 12.0 Å². The Morgan fingerprint density at radius 2 is 2.19 bits per heavy atom. The van der Waals surface area contributed by atoms with Crippen molar-refractivity contribution in [2.45, 2.75) is 6.61 Å². The van der Waals surface area contributed by atoms with Crippen LogP contribution in [-0.2, 0) is 11.3 Å². The number of nitro groups is 1. The summed E-state index contributed by atoms with van der Waals surface area (Å²) in [6.45, 7) is 0.0981. The molecule has 0 aliphatic heterocycles. The van der Waals surface area contributed by atoms with Gasteiger partial charge in [0.25, 0.3) is 0 Å². The number of aldehydes is 1. The van der Waals surface area contributed by atoms with E-state index in [9.17, 15) is 14.9 Å². The van der Waals surface area contributed by atoms with Gasteiger partial charge in [0.2, 0.25) is 0 Å². The van der Waals surface area contributed by atoms with Gasteiger partial charge in [-0.15, -0.1) is 5.10 Å². The standard InChI is InChI=1S/C12H12N4O5/c1-20-7-11-9(6-17)13-14-15(11)8-3-4-12(21-2)10(5-8)16(18)19/h3-6H,7H2,1-2H3. The second-order valence-electron chi connectivity index (χ2n) is 4.00. The third-order valence-corrected chi connectivity index (χ3v) is 2.79. The van der Waals surface area contributed by atoms with Gasteiger partial charge in [-0.3, -0.25) is 14.9 Å². The smallest absolute Gasteiger partial charge is 0.313 e. The van der Waals surface area contributed by atoms with Gasteiger partial charge < -0.3 is 9.47 Å². The number of aromatic nitrogens is 3. The largest absolute Gasteiger partial charge is 0.490 e. The molecule has 0 aliphatic carbocycles. The highest BCUT2D eigenvalue weighted by atomic mass is 16.6. The van der Waals surface area contributed by atoms with Gasteiger partial charge in [-0.25, -0.2) is 4.68 Å². The number of carbonyl (C=O) groups excluding carboxylic acids is 1. The van der Waals surface area contributed by atoms with Gasteiger partial charge in [0.1, 0.15) is 5.69 Å². The minimum absolute atomic E-state index is 0.0981. The molecule has 9 nitrogen and oxygen atoms in total. The Balaban J connectivity index is 2.57. The van der Waals surface area contributed by atoms with Gasteiger partial charge >= 0.3 is 5.69 Å². The summed E-state index contributed by atoms with van der Waals surface area (Å²) in [5.74, 6) is 0.132. The Kier molecular flexibility index (Phi) is 4.24. The molecular formula is C12H12N4O5. The molecule has 0 saturated heterocycles. The predicted molar refractivity (Wildman–Crippen MR) is 70.7 cm³/mol. The molecular weight excluding hydrogens is 280 g/mol. The third kappa shape index (κ3) is 2.72. The summed E-state index contributed by atoms with van der Waals surface area (Å²) in [4.78, 5) is 21.4. The van der Waals surface area contributed by atoms with Crippen molar-refractivity contribution in [2.75, 3.05) is 14.2 Å². The fraction of sp³-hybridized carbons (Fsp3) is 0.250. The molecule has 0 unspecified atom stereocenters. The minimum Gasteiger partial charge on any atom is -0.490 e. The van der Waals surface area contributed by atoms with Crippen LogP contribution < -0.4 is 4.74 Å². The molecule has 21 heavy (non-hydrogen) atoms. The highest BCUT2D eigenvalue weighted by Gasteiger charge is 2.19. The quantitative estimate of drug-likeness (QED) is 0.446. The number of methoxy groups -OCH3 is 2. The Morgan fingerprint density at radius 1 is 1.43 bits per heavy atom. The van der Waals surface area contributed by atoms with Crippen LogP contribution in [-0.4, -0.2) is 40.4 Å². The number of nitro benzene ring substituents is 1. The number of carbonyl (C=O) groups is 1. The van der Waals surface area contributed by atoms with Crippen LogP contribution in [0, 0.1) is 10.1 Å². The Labute approximate surface area is 119 Å². The first-order valence-corrected chi connectivity index (χ1v) is 5.83. The molecule has 0 spiro atoms. The van der Waals surface area contributed by atoms with Crippen molar-refractivity contribution in [2.24, 2.45) is 0 Å². The van der Waals surface area contributed by atoms with E-state index in [1.54, 1.807) is 6.07 Å². The Morgan fingerprint density at radius 3 is 2.76 bits per heavy atom. The Hall–Kier alpha value is -2.81. The number of benzene rings is 1. The van der Waals surface area contributed by atoms with E-state index in [0.717, 1.165) is 0 Å². The molecule has 0 radical (unpaired) electrons. The van der Waals surface area contributed by atoms with Crippen molar-refractivity contribution in [3.8, 4) is 11.4 Å². The van der Waals surface area contributed by atoms with Crippen molar-refractivity contribution in [1.29, 1.82) is 0 Å². The lowest BCUT2D eigenvalue weighted by atomic mass is 10.2. The third-order valence-electron chi connectivity index (χ3n) is 2.79. The zero-order valence-electron chi connectivity index (χ0n) is 11.3. The first kappa shape index (κ1) is 14.6. The molecule has 1 aromatic carbocycles. The van der Waals surface area contributed by atoms with Crippen LogP contribution in [0.15, 0.2) is 18.2 Å². The predicted octanol–water partition coefficient (Wildman–Crippen LogP) is 1.14. The van der Waals surface area contributed by atoms with Gasteiger partial charge in [-0.1, -0.05) is 5.21 Å². The van der Waals surface area contributed by atoms with Gasteiger partial charge in [-0.2, -0.15) is 0 Å². The van der Waals surface area contributed by atoms with E-state index in [1.807, 2.05) is 0 Å². The monoisotopic (exact) mass is 292 g/mol. The molecule has 110 valence electrons. The van der Waals surface area contributed by atoms with E-state index in [2.05, 4.69) is 10.3 Å². The average Bonchev–Trinajstić information content (AvgIpc) is 2.89. The highest BCUT2D eigenvalue weighted by Crippen LogP contribution is 2.29. The lowest BCUT2D eigenvalue weighted by Gasteiger charge is -2.07. The zero-order chi connectivity index (χ0) is 15.4. The summed E-state index contributed by atoms with van der Waals surface area (Å²) in [7, 11) is 2.81. The van der Waals surface area contributed by atoms with Crippen molar-refractivity contribution < 1.29 is 19.2 Å². The van der Waals surface area contributed by atoms with Gasteiger partial charge in [0.15, 0.2) is 17.7 Å². The summed E-state index contributed by atoms with van der Waals surface area (Å²) < 4.78 is 11.2. The summed E-state index contributed by atoms with van der Waals surface area (Å²) in [5, 5.41) is 18.6. The van der Waals surface area contributed by atoms with Crippen molar-refractivity contribution in [3.05, 3.63) is 39.7 Å². The molecule has 0 N–H and O–H groups in total. The van der Waals surface area contributed by atoms with E-state index in [1.165, 1.54) is 31.0 Å². The molecule has 0 fully saturated rings. The summed E-state index contributed by atoms with van der Waals surface area (Å²) in [6, 6.07) is 4.32. The lowest BCUT2D eigenvalue weighted by Crippen LogP contribution is -2.06. The first-order chi connectivity index (χ1) is 10.1. The summed E-state index contributed by atoms with van der Waals surface area (Å²) in [6.07, 6.45) is 0.551. The van der Waals surface area contributed by atoms with Crippen LogP contribution in [0.2, 0.25) is 0 Å². The molecule has 1 aromatic heterocycles. The summed E-state index contributed by atoms with van der Waals surface area (Å²) >= 11 is 0. The van der Waals surface area contributed by atoms with E-state index >= 15 is 0 Å². The maximum atomic E-state index is 11.0. The van der Waals surface area contributed by atoms with Crippen LogP contribution >= 0.6 is 0 Å². The molecule has 0 bridgehead atoms. The first-order valence-electron chi connectivity index (χ1n) is 5.83. The van der Waals surface area contributed by atoms with E-state index in [0.29, 0.717) is 17.7 Å². The molecule has 0 amide bonds. The SMILES string of the molecule is COCc1c(C=O)nnn1-c1ccc(OC)c([N+](=O)[O-])c1. The second kappa shape index (κ2) is 6.09. The average molecular weight is 292 g/mol. The van der Waals surface area contributed by atoms with E-state index in [-0.39, 0.29) is 23.7 Å².